The molecule has 0 aliphatic heterocycles. The zero-order valence-corrected chi connectivity index (χ0v) is 11.0. The maximum atomic E-state index is 13.3. The van der Waals surface area contributed by atoms with Crippen molar-refractivity contribution >= 4 is 5.78 Å². The molecule has 0 spiro atoms. The van der Waals surface area contributed by atoms with Crippen molar-refractivity contribution in [2.45, 2.75) is 13.8 Å². The molecule has 98 valence electrons. The first kappa shape index (κ1) is 13.2. The molecule has 1 aromatic carbocycles. The number of pyridine rings is 1. The summed E-state index contributed by atoms with van der Waals surface area (Å²) >= 11 is 0. The smallest absolute Gasteiger partial charge is 0.178 e. The molecule has 1 heterocycles. The van der Waals surface area contributed by atoms with Crippen molar-refractivity contribution in [3.63, 3.8) is 0 Å². The van der Waals surface area contributed by atoms with Gasteiger partial charge in [0.05, 0.1) is 7.11 Å². The van der Waals surface area contributed by atoms with Gasteiger partial charge in [-0.05, 0) is 42.8 Å². The Morgan fingerprint density at radius 1 is 1.26 bits per heavy atom. The molecule has 3 nitrogen and oxygen atoms in total. The van der Waals surface area contributed by atoms with E-state index in [0.717, 1.165) is 5.56 Å². The highest BCUT2D eigenvalue weighted by molar-refractivity contribution is 5.93. The summed E-state index contributed by atoms with van der Waals surface area (Å²) in [6, 6.07) is 7.99. The third-order valence-electron chi connectivity index (χ3n) is 2.87. The van der Waals surface area contributed by atoms with E-state index >= 15 is 0 Å². The summed E-state index contributed by atoms with van der Waals surface area (Å²) in [5.74, 6) is 0.157. The van der Waals surface area contributed by atoms with Crippen molar-refractivity contribution in [2.75, 3.05) is 7.11 Å². The number of aryl methyl sites for hydroxylation is 1. The molecule has 0 aliphatic rings. The Morgan fingerprint density at radius 2 is 2.00 bits per heavy atom. The lowest BCUT2D eigenvalue weighted by Gasteiger charge is -2.10. The number of ketones is 1. The fourth-order valence-electron chi connectivity index (χ4n) is 1.81. The Bertz CT molecular complexity index is 638. The van der Waals surface area contributed by atoms with Gasteiger partial charge in [-0.1, -0.05) is 0 Å². The van der Waals surface area contributed by atoms with Crippen molar-refractivity contribution in [1.29, 1.82) is 0 Å². The number of methoxy groups -OCH3 is 1. The summed E-state index contributed by atoms with van der Waals surface area (Å²) in [6.07, 6.45) is 0. The molecule has 2 rings (SSSR count). The summed E-state index contributed by atoms with van der Waals surface area (Å²) in [4.78, 5) is 15.7. The predicted octanol–water partition coefficient (Wildman–Crippen LogP) is 3.41. The minimum Gasteiger partial charge on any atom is -0.494 e. The van der Waals surface area contributed by atoms with E-state index in [1.807, 2.05) is 0 Å². The molecule has 0 amide bonds. The monoisotopic (exact) mass is 259 g/mol. The number of Topliss-reactive ketones (excluding diaryl/α,β-unsaturated/α-hetero) is 1. The van der Waals surface area contributed by atoms with Crippen LogP contribution < -0.4 is 4.74 Å². The molecule has 0 bridgehead atoms. The number of hydrogen-bond donors (Lipinski definition) is 0. The molecule has 0 N–H and O–H groups in total. The van der Waals surface area contributed by atoms with E-state index in [9.17, 15) is 9.18 Å². The molecular weight excluding hydrogens is 245 g/mol. The fourth-order valence-corrected chi connectivity index (χ4v) is 1.81. The SMILES string of the molecule is COc1ccc(C(C)=O)nc1-c1ccc(F)c(C)c1. The van der Waals surface area contributed by atoms with E-state index in [0.29, 0.717) is 22.7 Å². The number of halogens is 1. The van der Waals surface area contributed by atoms with Gasteiger partial charge in [-0.15, -0.1) is 0 Å². The van der Waals surface area contributed by atoms with Gasteiger partial charge >= 0.3 is 0 Å². The van der Waals surface area contributed by atoms with Crippen LogP contribution in [0.15, 0.2) is 30.3 Å². The van der Waals surface area contributed by atoms with Crippen LogP contribution in [0.1, 0.15) is 23.0 Å². The van der Waals surface area contributed by atoms with Crippen LogP contribution in [0.5, 0.6) is 5.75 Å². The molecule has 19 heavy (non-hydrogen) atoms. The molecule has 0 saturated carbocycles. The summed E-state index contributed by atoms with van der Waals surface area (Å²) < 4.78 is 18.5. The maximum absolute atomic E-state index is 13.3. The summed E-state index contributed by atoms with van der Waals surface area (Å²) in [6.45, 7) is 3.13. The number of benzene rings is 1. The van der Waals surface area contributed by atoms with E-state index in [4.69, 9.17) is 4.74 Å². The lowest BCUT2D eigenvalue weighted by atomic mass is 10.1. The number of nitrogens with zero attached hydrogens (tertiary/aromatic N) is 1. The van der Waals surface area contributed by atoms with Crippen molar-refractivity contribution in [2.24, 2.45) is 0 Å². The van der Waals surface area contributed by atoms with Crippen LogP contribution in [0.3, 0.4) is 0 Å². The predicted molar refractivity (Wildman–Crippen MR) is 70.9 cm³/mol. The Morgan fingerprint density at radius 3 is 2.58 bits per heavy atom. The summed E-state index contributed by atoms with van der Waals surface area (Å²) in [7, 11) is 1.53. The highest BCUT2D eigenvalue weighted by Crippen LogP contribution is 2.29. The number of rotatable bonds is 3. The molecule has 4 heteroatoms. The van der Waals surface area contributed by atoms with Gasteiger partial charge in [0.1, 0.15) is 23.0 Å². The van der Waals surface area contributed by atoms with E-state index in [1.165, 1.54) is 20.1 Å². The molecular formula is C15H14FNO2. The molecule has 0 radical (unpaired) electrons. The molecule has 0 unspecified atom stereocenters. The third-order valence-corrected chi connectivity index (χ3v) is 2.87. The first-order chi connectivity index (χ1) is 9.02. The number of aromatic nitrogens is 1. The van der Waals surface area contributed by atoms with E-state index in [-0.39, 0.29) is 11.6 Å². The Labute approximate surface area is 111 Å². The average Bonchev–Trinajstić information content (AvgIpc) is 2.41. The molecule has 2 aromatic rings. The van der Waals surface area contributed by atoms with Gasteiger partial charge in [-0.25, -0.2) is 9.37 Å². The van der Waals surface area contributed by atoms with Crippen molar-refractivity contribution < 1.29 is 13.9 Å². The first-order valence-electron chi connectivity index (χ1n) is 5.85. The number of ether oxygens (including phenoxy) is 1. The van der Waals surface area contributed by atoms with Crippen LogP contribution in [0.4, 0.5) is 4.39 Å². The lowest BCUT2D eigenvalue weighted by molar-refractivity contribution is 0.101. The largest absolute Gasteiger partial charge is 0.494 e. The van der Waals surface area contributed by atoms with Crippen molar-refractivity contribution in [3.8, 4) is 17.0 Å². The summed E-state index contributed by atoms with van der Waals surface area (Å²) in [5, 5.41) is 0. The standard InChI is InChI=1S/C15H14FNO2/c1-9-8-11(4-5-12(9)16)15-14(19-3)7-6-13(17-15)10(2)18/h4-8H,1-3H3. The van der Waals surface area contributed by atoms with Gasteiger partial charge in [0.25, 0.3) is 0 Å². The molecule has 0 fully saturated rings. The van der Waals surface area contributed by atoms with Crippen LogP contribution in [0.2, 0.25) is 0 Å². The van der Waals surface area contributed by atoms with Gasteiger partial charge in [0, 0.05) is 12.5 Å². The van der Waals surface area contributed by atoms with E-state index < -0.39 is 0 Å². The van der Waals surface area contributed by atoms with E-state index in [1.54, 1.807) is 31.2 Å². The Kier molecular flexibility index (Phi) is 3.60. The van der Waals surface area contributed by atoms with Crippen LogP contribution >= 0.6 is 0 Å². The zero-order chi connectivity index (χ0) is 14.0. The van der Waals surface area contributed by atoms with Crippen molar-refractivity contribution in [3.05, 3.63) is 47.4 Å². The Balaban J connectivity index is 2.61. The normalized spacial score (nSPS) is 10.3. The molecule has 0 atom stereocenters. The second-order valence-corrected chi connectivity index (χ2v) is 4.27. The van der Waals surface area contributed by atoms with E-state index in [2.05, 4.69) is 4.98 Å². The topological polar surface area (TPSA) is 39.2 Å². The minimum atomic E-state index is -0.273. The number of hydrogen-bond acceptors (Lipinski definition) is 3. The quantitative estimate of drug-likeness (QED) is 0.793. The Hall–Kier alpha value is -2.23. The van der Waals surface area contributed by atoms with Crippen LogP contribution in [0, 0.1) is 12.7 Å². The van der Waals surface area contributed by atoms with Gasteiger partial charge in [-0.2, -0.15) is 0 Å². The summed E-state index contributed by atoms with van der Waals surface area (Å²) in [5.41, 5.74) is 2.14. The molecule has 0 aliphatic carbocycles. The van der Waals surface area contributed by atoms with Crippen LogP contribution in [-0.2, 0) is 0 Å². The highest BCUT2D eigenvalue weighted by atomic mass is 19.1. The molecule has 1 aromatic heterocycles. The van der Waals surface area contributed by atoms with Gasteiger partial charge in [0.15, 0.2) is 5.78 Å². The van der Waals surface area contributed by atoms with Gasteiger partial charge < -0.3 is 4.74 Å². The molecule has 0 saturated heterocycles. The van der Waals surface area contributed by atoms with Crippen LogP contribution in [-0.4, -0.2) is 17.9 Å². The minimum absolute atomic E-state index is 0.122. The number of carbonyl (C=O) groups is 1. The highest BCUT2D eigenvalue weighted by Gasteiger charge is 2.12. The zero-order valence-electron chi connectivity index (χ0n) is 11.0. The van der Waals surface area contributed by atoms with Crippen LogP contribution in [0.25, 0.3) is 11.3 Å². The third kappa shape index (κ3) is 2.62. The maximum Gasteiger partial charge on any atom is 0.178 e. The average molecular weight is 259 g/mol. The lowest BCUT2D eigenvalue weighted by Crippen LogP contribution is -2.00. The van der Waals surface area contributed by atoms with Gasteiger partial charge in [-0.3, -0.25) is 4.79 Å². The first-order valence-corrected chi connectivity index (χ1v) is 5.85. The van der Waals surface area contributed by atoms with Crippen molar-refractivity contribution in [1.82, 2.24) is 4.98 Å². The fraction of sp³-hybridized carbons (Fsp3) is 0.200. The number of carbonyl (C=O) groups excluding carboxylic acids is 1. The second-order valence-electron chi connectivity index (χ2n) is 4.27. The van der Waals surface area contributed by atoms with Gasteiger partial charge in [0.2, 0.25) is 0 Å². The second kappa shape index (κ2) is 5.18.